The van der Waals surface area contributed by atoms with Crippen molar-refractivity contribution in [3.8, 4) is 0 Å². The summed E-state index contributed by atoms with van der Waals surface area (Å²) in [7, 11) is 1.73. The molecule has 1 atom stereocenters. The second kappa shape index (κ2) is 4.40. The minimum atomic E-state index is -0.193. The number of hydrogen-bond donors (Lipinski definition) is 0. The topological polar surface area (TPSA) is 51.9 Å². The molecule has 98 valence electrons. The molecule has 1 aromatic heterocycles. The van der Waals surface area contributed by atoms with Gasteiger partial charge < -0.3 is 18.8 Å². The van der Waals surface area contributed by atoms with Crippen LogP contribution < -0.4 is 0 Å². The van der Waals surface area contributed by atoms with Crippen LogP contribution in [0, 0.1) is 0 Å². The van der Waals surface area contributed by atoms with Crippen LogP contribution in [-0.4, -0.2) is 49.3 Å². The Morgan fingerprint density at radius 3 is 3.06 bits per heavy atom. The predicted molar refractivity (Wildman–Crippen MR) is 63.3 cm³/mol. The summed E-state index contributed by atoms with van der Waals surface area (Å²) >= 11 is 0. The van der Waals surface area contributed by atoms with Crippen LogP contribution in [0.3, 0.4) is 0 Å². The van der Waals surface area contributed by atoms with Gasteiger partial charge in [-0.2, -0.15) is 0 Å². The summed E-state index contributed by atoms with van der Waals surface area (Å²) < 4.78 is 16.3. The Morgan fingerprint density at radius 1 is 1.56 bits per heavy atom. The van der Waals surface area contributed by atoms with Gasteiger partial charge in [0, 0.05) is 20.1 Å². The van der Waals surface area contributed by atoms with Gasteiger partial charge in [0.25, 0.3) is 5.91 Å². The van der Waals surface area contributed by atoms with Gasteiger partial charge in [0.15, 0.2) is 5.76 Å². The highest BCUT2D eigenvalue weighted by atomic mass is 16.5. The summed E-state index contributed by atoms with van der Waals surface area (Å²) in [6.45, 7) is 1.97. The maximum atomic E-state index is 12.0. The van der Waals surface area contributed by atoms with E-state index in [9.17, 15) is 4.79 Å². The van der Waals surface area contributed by atoms with E-state index in [0.717, 1.165) is 12.8 Å². The Morgan fingerprint density at radius 2 is 2.39 bits per heavy atom. The molecular weight excluding hydrogens is 234 g/mol. The minimum Gasteiger partial charge on any atom is -0.459 e. The van der Waals surface area contributed by atoms with Crippen molar-refractivity contribution in [2.24, 2.45) is 0 Å². The summed E-state index contributed by atoms with van der Waals surface area (Å²) in [5.41, 5.74) is -0.193. The molecule has 0 unspecified atom stereocenters. The molecule has 1 amide bonds. The number of amides is 1. The molecule has 0 N–H and O–H groups in total. The quantitative estimate of drug-likeness (QED) is 0.795. The number of furan rings is 1. The average molecular weight is 251 g/mol. The maximum absolute atomic E-state index is 12.0. The normalized spacial score (nSPS) is 26.1. The first kappa shape index (κ1) is 11.7. The van der Waals surface area contributed by atoms with Gasteiger partial charge >= 0.3 is 0 Å². The summed E-state index contributed by atoms with van der Waals surface area (Å²) in [5.74, 6) is 0.331. The molecule has 0 radical (unpaired) electrons. The largest absolute Gasteiger partial charge is 0.459 e. The first-order chi connectivity index (χ1) is 8.72. The Hall–Kier alpha value is -1.33. The van der Waals surface area contributed by atoms with Gasteiger partial charge in [0.1, 0.15) is 5.60 Å². The van der Waals surface area contributed by atoms with Gasteiger partial charge in [-0.15, -0.1) is 0 Å². The molecule has 0 saturated carbocycles. The molecule has 2 aliphatic heterocycles. The van der Waals surface area contributed by atoms with Crippen molar-refractivity contribution in [3.05, 3.63) is 24.2 Å². The molecule has 3 heterocycles. The van der Waals surface area contributed by atoms with E-state index in [-0.39, 0.29) is 17.6 Å². The standard InChI is InChI=1S/C13H17NO4/c1-16-10-4-6-18-13(7-10)8-14(9-13)12(15)11-3-2-5-17-11/h2-3,5,10H,4,6-9H2,1H3/t10-/m1/s1. The molecule has 2 aliphatic rings. The third-order valence-electron chi connectivity index (χ3n) is 3.76. The fraction of sp³-hybridized carbons (Fsp3) is 0.615. The van der Waals surface area contributed by atoms with Crippen molar-refractivity contribution in [1.82, 2.24) is 4.90 Å². The average Bonchev–Trinajstić information content (AvgIpc) is 2.89. The van der Waals surface area contributed by atoms with E-state index in [0.29, 0.717) is 25.5 Å². The van der Waals surface area contributed by atoms with E-state index < -0.39 is 0 Å². The zero-order chi connectivity index (χ0) is 12.6. The lowest BCUT2D eigenvalue weighted by Gasteiger charge is -2.52. The van der Waals surface area contributed by atoms with Gasteiger partial charge in [-0.05, 0) is 18.6 Å². The van der Waals surface area contributed by atoms with Gasteiger partial charge in [0.2, 0.25) is 0 Å². The number of carbonyl (C=O) groups excluding carboxylic acids is 1. The molecule has 18 heavy (non-hydrogen) atoms. The zero-order valence-electron chi connectivity index (χ0n) is 10.4. The maximum Gasteiger partial charge on any atom is 0.289 e. The van der Waals surface area contributed by atoms with Crippen LogP contribution in [0.2, 0.25) is 0 Å². The highest BCUT2D eigenvalue weighted by Gasteiger charge is 2.49. The van der Waals surface area contributed by atoms with Crippen molar-refractivity contribution in [1.29, 1.82) is 0 Å². The lowest BCUT2D eigenvalue weighted by molar-refractivity contribution is -0.182. The van der Waals surface area contributed by atoms with Crippen molar-refractivity contribution < 1.29 is 18.7 Å². The fourth-order valence-corrected chi connectivity index (χ4v) is 2.75. The van der Waals surface area contributed by atoms with Crippen LogP contribution in [0.5, 0.6) is 0 Å². The number of likely N-dealkylation sites (tertiary alicyclic amines) is 1. The van der Waals surface area contributed by atoms with E-state index in [1.807, 2.05) is 0 Å². The molecule has 1 aromatic rings. The highest BCUT2D eigenvalue weighted by molar-refractivity contribution is 5.92. The molecule has 0 aromatic carbocycles. The van der Waals surface area contributed by atoms with Gasteiger partial charge in [0.05, 0.1) is 25.5 Å². The summed E-state index contributed by atoms with van der Waals surface area (Å²) in [6, 6.07) is 3.41. The lowest BCUT2D eigenvalue weighted by Crippen LogP contribution is -2.67. The smallest absolute Gasteiger partial charge is 0.289 e. The number of carbonyl (C=O) groups is 1. The van der Waals surface area contributed by atoms with E-state index in [4.69, 9.17) is 13.9 Å². The van der Waals surface area contributed by atoms with E-state index >= 15 is 0 Å². The molecule has 0 aliphatic carbocycles. The molecular formula is C13H17NO4. The highest BCUT2D eigenvalue weighted by Crippen LogP contribution is 2.35. The van der Waals surface area contributed by atoms with Gasteiger partial charge in [-0.3, -0.25) is 4.79 Å². The Labute approximate surface area is 106 Å². The number of hydrogen-bond acceptors (Lipinski definition) is 4. The van der Waals surface area contributed by atoms with Gasteiger partial charge in [-0.1, -0.05) is 0 Å². The molecule has 5 nitrogen and oxygen atoms in total. The van der Waals surface area contributed by atoms with Crippen molar-refractivity contribution in [3.63, 3.8) is 0 Å². The monoisotopic (exact) mass is 251 g/mol. The first-order valence-corrected chi connectivity index (χ1v) is 6.22. The second-order valence-corrected chi connectivity index (χ2v) is 5.02. The minimum absolute atomic E-state index is 0.0613. The van der Waals surface area contributed by atoms with Crippen LogP contribution in [0.25, 0.3) is 0 Å². The van der Waals surface area contributed by atoms with Crippen LogP contribution in [0.15, 0.2) is 22.8 Å². The molecule has 3 rings (SSSR count). The summed E-state index contributed by atoms with van der Waals surface area (Å²) in [6.07, 6.45) is 3.57. The lowest BCUT2D eigenvalue weighted by atomic mass is 9.84. The summed E-state index contributed by atoms with van der Waals surface area (Å²) in [4.78, 5) is 13.8. The first-order valence-electron chi connectivity index (χ1n) is 6.22. The summed E-state index contributed by atoms with van der Waals surface area (Å²) in [5, 5.41) is 0. The molecule has 0 bridgehead atoms. The molecule has 5 heteroatoms. The van der Waals surface area contributed by atoms with Crippen LogP contribution in [-0.2, 0) is 9.47 Å². The Balaban J connectivity index is 1.61. The Bertz CT molecular complexity index is 422. The van der Waals surface area contributed by atoms with Crippen molar-refractivity contribution in [2.45, 2.75) is 24.5 Å². The predicted octanol–water partition coefficient (Wildman–Crippen LogP) is 1.30. The number of rotatable bonds is 2. The Kier molecular flexibility index (Phi) is 2.87. The molecule has 1 spiro atoms. The molecule has 2 saturated heterocycles. The zero-order valence-corrected chi connectivity index (χ0v) is 10.4. The van der Waals surface area contributed by atoms with Crippen LogP contribution in [0.1, 0.15) is 23.4 Å². The van der Waals surface area contributed by atoms with Crippen LogP contribution >= 0.6 is 0 Å². The third kappa shape index (κ3) is 1.93. The van der Waals surface area contributed by atoms with Gasteiger partial charge in [-0.25, -0.2) is 0 Å². The van der Waals surface area contributed by atoms with E-state index in [1.54, 1.807) is 24.1 Å². The van der Waals surface area contributed by atoms with E-state index in [2.05, 4.69) is 0 Å². The number of ether oxygens (including phenoxy) is 2. The van der Waals surface area contributed by atoms with E-state index in [1.165, 1.54) is 6.26 Å². The number of nitrogens with zero attached hydrogens (tertiary/aromatic N) is 1. The fourth-order valence-electron chi connectivity index (χ4n) is 2.75. The van der Waals surface area contributed by atoms with Crippen LogP contribution in [0.4, 0.5) is 0 Å². The van der Waals surface area contributed by atoms with Crippen molar-refractivity contribution >= 4 is 5.91 Å². The SMILES string of the molecule is CO[C@@H]1CCOC2(C1)CN(C(=O)c1ccco1)C2. The molecule has 2 fully saturated rings. The number of methoxy groups -OCH3 is 1. The third-order valence-corrected chi connectivity index (χ3v) is 3.76. The van der Waals surface area contributed by atoms with Crippen molar-refractivity contribution in [2.75, 3.05) is 26.8 Å². The second-order valence-electron chi connectivity index (χ2n) is 5.02.